The Balaban J connectivity index is -0.000000769. The SMILES string of the molecule is C(=C/[PH+](c1ccccc1)c1ccccc1)/[PH+](c1ccccc1)c1ccccc1.C(=C/[PH+](c1ccccc1)c1ccccc1)/[PH+](c1ccccc1)c1ccccc1.C(=C/[PH+](c1ccccc1)c1ccccc1)/[PH+](c1ccccc1)c1ccccc1.C(=C/[PH+](c1ccccc1)c1ccccc1)/[PH+](c1ccccc1)c1ccccc1.[Au+].[Au+].[Au+].[Au+].[Au+].[Au+].[Au+].[Au+].[Au+].[Au+].[Cl-].[Cl-].[S-2].[S-2].[S-2].[S-2]. The first kappa shape index (κ1) is 134. The smallest absolute Gasteiger partial charge is 1.00 e. The van der Waals surface area contributed by atoms with Crippen LogP contribution >= 0.6 is 63.4 Å². The predicted octanol–water partition coefficient (Wildman–Crippen LogP) is 14.7. The summed E-state index contributed by atoms with van der Waals surface area (Å²) in [6, 6.07) is 175. The van der Waals surface area contributed by atoms with Gasteiger partial charge in [-0.3, -0.25) is 0 Å². The summed E-state index contributed by atoms with van der Waals surface area (Å²) in [7, 11) is -7.71. The minimum atomic E-state index is -0.964. The molecule has 0 N–H and O–H groups in total. The molecule has 0 unspecified atom stereocenters. The van der Waals surface area contributed by atoms with Gasteiger partial charge in [0.2, 0.25) is 0 Å². The Morgan fingerprint density at radius 1 is 0.0938 bits per heavy atom. The molecule has 0 amide bonds. The number of benzene rings is 16. The van der Waals surface area contributed by atoms with E-state index in [0.717, 1.165) is 0 Å². The number of hydrogen-bond acceptors (Lipinski definition) is 0. The van der Waals surface area contributed by atoms with Crippen molar-refractivity contribution in [1.29, 1.82) is 0 Å². The third-order valence-electron chi connectivity index (χ3n) is 19.0. The molecule has 0 aliphatic rings. The Morgan fingerprint density at radius 3 is 0.188 bits per heavy atom. The zero-order valence-electron chi connectivity index (χ0n) is 68.2. The molecular weight excluding hydrogens is 3670 g/mol. The number of halogens is 2. The molecule has 0 radical (unpaired) electrons. The summed E-state index contributed by atoms with van der Waals surface area (Å²) in [5.74, 6) is 20.0. The maximum absolute atomic E-state index is 2.50. The first-order valence-electron chi connectivity index (χ1n) is 38.2. The molecule has 692 valence electrons. The number of rotatable bonds is 24. The van der Waals surface area contributed by atoms with E-state index < -0.39 is 63.4 Å². The molecule has 0 aliphatic heterocycles. The molecular formula is C104H96Au10Cl2P8S4+8. The second-order valence-corrected chi connectivity index (χ2v) is 45.0. The van der Waals surface area contributed by atoms with Gasteiger partial charge < -0.3 is 78.8 Å². The third-order valence-corrected chi connectivity index (χ3v) is 39.6. The molecule has 16 aromatic carbocycles. The topological polar surface area (TPSA) is 0 Å². The Hall–Kier alpha value is -0.697. The predicted molar refractivity (Wildman–Crippen MR) is 550 cm³/mol. The van der Waals surface area contributed by atoms with Crippen LogP contribution in [-0.2, 0) is 278 Å². The second kappa shape index (κ2) is 78.1. The minimum absolute atomic E-state index is 0. The molecule has 0 saturated carbocycles. The molecule has 0 aliphatic carbocycles. The van der Waals surface area contributed by atoms with Gasteiger partial charge in [0.1, 0.15) is 131 Å². The van der Waals surface area contributed by atoms with E-state index in [4.69, 9.17) is 0 Å². The van der Waals surface area contributed by atoms with E-state index in [1.807, 2.05) is 0 Å². The summed E-state index contributed by atoms with van der Waals surface area (Å²) in [6.45, 7) is 0. The van der Waals surface area contributed by atoms with Crippen molar-refractivity contribution >= 4 is 202 Å². The van der Waals surface area contributed by atoms with Gasteiger partial charge in [0.15, 0.2) is 0 Å². The van der Waals surface area contributed by atoms with Crippen LogP contribution < -0.4 is 110 Å². The molecule has 128 heavy (non-hydrogen) atoms. The van der Waals surface area contributed by atoms with E-state index in [2.05, 4.69) is 532 Å². The molecule has 0 spiro atoms. The Labute approximate surface area is 968 Å². The van der Waals surface area contributed by atoms with Crippen LogP contribution in [-0.4, -0.2) is 0 Å². The first-order chi connectivity index (χ1) is 55.7. The average molecular weight is 3760 g/mol. The van der Waals surface area contributed by atoms with Crippen LogP contribution in [0.3, 0.4) is 0 Å². The standard InChI is InChI=1S/4C26H22P2.10Au.2ClH.4S/c4*1-5-13-23(14-6-1)27(24-15-7-2-8-16-24)21-22-28(25-17-9-3-10-18-25)26-19-11-4-12-20-26;;;;;;;;;;;;;;;;/h4*1-22H;;;;;;;;;;;2*1H;;;;/q;;;;10*+1;;;4*-2/p+6/b4*22-21-;;;;;;;;;;;;;;;;. The molecule has 0 fully saturated rings. The van der Waals surface area contributed by atoms with Crippen LogP contribution in [0.25, 0.3) is 0 Å². The summed E-state index contributed by atoms with van der Waals surface area (Å²) in [4.78, 5) is 0. The van der Waals surface area contributed by atoms with Crippen molar-refractivity contribution in [1.82, 2.24) is 0 Å². The maximum atomic E-state index is 2.50. The molecule has 0 bridgehead atoms. The Bertz CT molecular complexity index is 4110. The van der Waals surface area contributed by atoms with E-state index in [9.17, 15) is 0 Å². The third kappa shape index (κ3) is 43.4. The van der Waals surface area contributed by atoms with Gasteiger partial charge >= 0.3 is 224 Å². The van der Waals surface area contributed by atoms with Crippen molar-refractivity contribution in [3.63, 3.8) is 0 Å². The van der Waals surface area contributed by atoms with Crippen LogP contribution in [0.15, 0.2) is 532 Å². The summed E-state index contributed by atoms with van der Waals surface area (Å²) in [5, 5.41) is 22.9. The molecule has 0 saturated heterocycles. The zero-order valence-corrected chi connectivity index (χ0v) is 103. The molecule has 0 atom stereocenters. The summed E-state index contributed by atoms with van der Waals surface area (Å²) < 4.78 is 0. The van der Waals surface area contributed by atoms with Gasteiger partial charge in [-0.1, -0.05) is 291 Å². The fraction of sp³-hybridized carbons (Fsp3) is 0. The van der Waals surface area contributed by atoms with Gasteiger partial charge in [-0.05, 0) is 194 Å². The largest absolute Gasteiger partial charge is 2.00 e. The monoisotopic (exact) mass is 3760 g/mol. The normalized spacial score (nSPS) is 9.94. The molecule has 0 heterocycles. The van der Waals surface area contributed by atoms with Crippen LogP contribution in [0.1, 0.15) is 0 Å². The fourth-order valence-corrected chi connectivity index (χ4v) is 33.3. The zero-order chi connectivity index (χ0) is 76.1. The van der Waals surface area contributed by atoms with Gasteiger partial charge in [0.05, 0.1) is 63.4 Å². The van der Waals surface area contributed by atoms with E-state index in [1.165, 1.54) is 84.9 Å². The van der Waals surface area contributed by atoms with Gasteiger partial charge in [-0.25, -0.2) is 0 Å². The maximum Gasteiger partial charge on any atom is 1.00 e. The van der Waals surface area contributed by atoms with Gasteiger partial charge in [-0.2, -0.15) is 0 Å². The quantitative estimate of drug-likeness (QED) is 0.0418. The van der Waals surface area contributed by atoms with Crippen molar-refractivity contribution in [2.24, 2.45) is 0 Å². The van der Waals surface area contributed by atoms with Crippen LogP contribution in [0.4, 0.5) is 0 Å². The molecule has 0 aromatic heterocycles. The van der Waals surface area contributed by atoms with Crippen molar-refractivity contribution in [2.45, 2.75) is 0 Å². The Morgan fingerprint density at radius 2 is 0.141 bits per heavy atom. The van der Waals surface area contributed by atoms with Crippen molar-refractivity contribution in [3.05, 3.63) is 532 Å². The molecule has 0 nitrogen and oxygen atoms in total. The minimum Gasteiger partial charge on any atom is -2.00 e. The fourth-order valence-electron chi connectivity index (χ4n) is 13.4. The molecule has 16 rings (SSSR count). The van der Waals surface area contributed by atoms with Gasteiger partial charge in [-0.15, -0.1) is 0 Å². The van der Waals surface area contributed by atoms with E-state index in [0.29, 0.717) is 0 Å². The average Bonchev–Trinajstić information content (AvgIpc) is 0.840. The molecule has 24 heteroatoms. The van der Waals surface area contributed by atoms with E-state index in [-0.39, 0.29) is 303 Å². The summed E-state index contributed by atoms with van der Waals surface area (Å²) in [5.41, 5.74) is 0. The second-order valence-electron chi connectivity index (χ2n) is 26.5. The van der Waals surface area contributed by atoms with Gasteiger partial charge in [0, 0.05) is 0 Å². The van der Waals surface area contributed by atoms with E-state index in [1.54, 1.807) is 0 Å². The van der Waals surface area contributed by atoms with Crippen LogP contribution in [0.2, 0.25) is 0 Å². The first-order valence-corrected chi connectivity index (χ1v) is 50.8. The van der Waals surface area contributed by atoms with E-state index >= 15 is 0 Å². The Kier molecular flexibility index (Phi) is 81.5. The van der Waals surface area contributed by atoms with Crippen molar-refractivity contribution < 1.29 is 249 Å². The van der Waals surface area contributed by atoms with Crippen molar-refractivity contribution in [3.8, 4) is 0 Å². The molecule has 16 aromatic rings. The summed E-state index contributed by atoms with van der Waals surface area (Å²) >= 11 is 0. The van der Waals surface area contributed by atoms with Crippen LogP contribution in [0.5, 0.6) is 0 Å². The number of hydrogen-bond donors (Lipinski definition) is 0. The van der Waals surface area contributed by atoms with Crippen molar-refractivity contribution in [2.75, 3.05) is 0 Å². The van der Waals surface area contributed by atoms with Gasteiger partial charge in [0.25, 0.3) is 0 Å². The van der Waals surface area contributed by atoms with Crippen LogP contribution in [0, 0.1) is 0 Å². The summed E-state index contributed by atoms with van der Waals surface area (Å²) in [6.07, 6.45) is 0.